The Morgan fingerprint density at radius 1 is 1.50 bits per heavy atom. The average Bonchev–Trinajstić information content (AvgIpc) is 2.59. The molecule has 1 atom stereocenters. The highest BCUT2D eigenvalue weighted by Gasteiger charge is 2.23. The topological polar surface area (TPSA) is 46.5 Å². The number of carboxylic acids is 1. The van der Waals surface area contributed by atoms with Gasteiger partial charge in [0.25, 0.3) is 0 Å². The lowest BCUT2D eigenvalue weighted by Crippen LogP contribution is -2.06. The van der Waals surface area contributed by atoms with Gasteiger partial charge in [-0.05, 0) is 23.3 Å². The summed E-state index contributed by atoms with van der Waals surface area (Å²) in [6.45, 7) is 0. The number of hydrogen-bond acceptors (Lipinski definition) is 2. The standard InChI is InChI=1S/C11H10O3/c1-14-8-3-5-9-7(6-8)2-4-10(9)11(12)13/h2-6,10H,1H3,(H,12,13). The molecule has 3 heteroatoms. The molecule has 1 unspecified atom stereocenters. The number of aliphatic carboxylic acids is 1. The Morgan fingerprint density at radius 3 is 2.93 bits per heavy atom. The predicted octanol–water partition coefficient (Wildman–Crippen LogP) is 1.89. The fourth-order valence-electron chi connectivity index (χ4n) is 1.63. The highest BCUT2D eigenvalue weighted by Crippen LogP contribution is 2.32. The summed E-state index contributed by atoms with van der Waals surface area (Å²) in [4.78, 5) is 10.8. The Hall–Kier alpha value is -1.77. The van der Waals surface area contributed by atoms with Crippen LogP contribution in [0.15, 0.2) is 24.3 Å². The molecule has 1 N–H and O–H groups in total. The summed E-state index contributed by atoms with van der Waals surface area (Å²) in [5.41, 5.74) is 1.76. The monoisotopic (exact) mass is 190 g/mol. The van der Waals surface area contributed by atoms with Crippen LogP contribution in [0.1, 0.15) is 17.0 Å². The number of ether oxygens (including phenoxy) is 1. The number of fused-ring (bicyclic) bond motifs is 1. The summed E-state index contributed by atoms with van der Waals surface area (Å²) in [7, 11) is 1.59. The fraction of sp³-hybridized carbons (Fsp3) is 0.182. The van der Waals surface area contributed by atoms with E-state index in [0.29, 0.717) is 0 Å². The number of carbonyl (C=O) groups is 1. The molecule has 0 amide bonds. The van der Waals surface area contributed by atoms with Crippen molar-refractivity contribution < 1.29 is 14.6 Å². The first-order valence-corrected chi connectivity index (χ1v) is 4.31. The maximum absolute atomic E-state index is 10.8. The van der Waals surface area contributed by atoms with E-state index in [-0.39, 0.29) is 0 Å². The summed E-state index contributed by atoms with van der Waals surface area (Å²) >= 11 is 0. The minimum Gasteiger partial charge on any atom is -0.497 e. The maximum Gasteiger partial charge on any atom is 0.314 e. The summed E-state index contributed by atoms with van der Waals surface area (Å²) < 4.78 is 5.05. The number of hydrogen-bond donors (Lipinski definition) is 1. The van der Waals surface area contributed by atoms with Crippen LogP contribution in [0.25, 0.3) is 6.08 Å². The highest BCUT2D eigenvalue weighted by molar-refractivity contribution is 5.85. The Bertz CT molecular complexity index is 407. The molecular weight excluding hydrogens is 180 g/mol. The smallest absolute Gasteiger partial charge is 0.314 e. The van der Waals surface area contributed by atoms with Gasteiger partial charge in [0, 0.05) is 0 Å². The molecule has 0 radical (unpaired) electrons. The van der Waals surface area contributed by atoms with Gasteiger partial charge in [0.1, 0.15) is 11.7 Å². The Balaban J connectivity index is 2.43. The number of carboxylic acid groups (broad SMARTS) is 1. The van der Waals surface area contributed by atoms with Crippen LogP contribution in [0, 0.1) is 0 Å². The second-order valence-corrected chi connectivity index (χ2v) is 3.17. The van der Waals surface area contributed by atoms with Crippen molar-refractivity contribution in [1.82, 2.24) is 0 Å². The van der Waals surface area contributed by atoms with Gasteiger partial charge in [-0.2, -0.15) is 0 Å². The SMILES string of the molecule is COc1ccc2c(c1)C=CC2C(=O)O. The highest BCUT2D eigenvalue weighted by atomic mass is 16.5. The zero-order valence-electron chi connectivity index (χ0n) is 7.73. The maximum atomic E-state index is 10.8. The molecule has 14 heavy (non-hydrogen) atoms. The van der Waals surface area contributed by atoms with Gasteiger partial charge >= 0.3 is 5.97 Å². The zero-order valence-corrected chi connectivity index (χ0v) is 7.73. The number of benzene rings is 1. The summed E-state index contributed by atoms with van der Waals surface area (Å²) in [5, 5.41) is 8.90. The Labute approximate surface area is 81.6 Å². The normalized spacial score (nSPS) is 17.9. The van der Waals surface area contributed by atoms with E-state index in [9.17, 15) is 4.79 Å². The largest absolute Gasteiger partial charge is 0.497 e. The van der Waals surface area contributed by atoms with Crippen LogP contribution in [0.4, 0.5) is 0 Å². The van der Waals surface area contributed by atoms with Crippen molar-refractivity contribution in [2.45, 2.75) is 5.92 Å². The molecule has 72 valence electrons. The van der Waals surface area contributed by atoms with Gasteiger partial charge in [-0.3, -0.25) is 4.79 Å². The van der Waals surface area contributed by atoms with E-state index in [1.54, 1.807) is 25.3 Å². The molecule has 0 fully saturated rings. The van der Waals surface area contributed by atoms with Gasteiger partial charge in [0.15, 0.2) is 0 Å². The van der Waals surface area contributed by atoms with Crippen LogP contribution in [-0.4, -0.2) is 18.2 Å². The molecule has 1 aliphatic rings. The van der Waals surface area contributed by atoms with E-state index in [4.69, 9.17) is 9.84 Å². The van der Waals surface area contributed by atoms with Crippen molar-refractivity contribution in [3.05, 3.63) is 35.4 Å². The number of methoxy groups -OCH3 is 1. The van der Waals surface area contributed by atoms with Crippen LogP contribution in [0.2, 0.25) is 0 Å². The van der Waals surface area contributed by atoms with Crippen LogP contribution in [-0.2, 0) is 4.79 Å². The van der Waals surface area contributed by atoms with Crippen LogP contribution in [0.5, 0.6) is 5.75 Å². The molecule has 1 aromatic carbocycles. The van der Waals surface area contributed by atoms with E-state index in [2.05, 4.69) is 0 Å². The lowest BCUT2D eigenvalue weighted by atomic mass is 10.0. The van der Waals surface area contributed by atoms with Crippen molar-refractivity contribution in [3.63, 3.8) is 0 Å². The van der Waals surface area contributed by atoms with E-state index in [1.807, 2.05) is 12.1 Å². The molecule has 0 spiro atoms. The first-order chi connectivity index (χ1) is 6.72. The van der Waals surface area contributed by atoms with Crippen molar-refractivity contribution in [2.75, 3.05) is 7.11 Å². The summed E-state index contributed by atoms with van der Waals surface area (Å²) in [6, 6.07) is 5.42. The predicted molar refractivity (Wildman–Crippen MR) is 52.4 cm³/mol. The van der Waals surface area contributed by atoms with Crippen LogP contribution in [0.3, 0.4) is 0 Å². The first-order valence-electron chi connectivity index (χ1n) is 4.31. The van der Waals surface area contributed by atoms with Crippen molar-refractivity contribution in [1.29, 1.82) is 0 Å². The third-order valence-electron chi connectivity index (χ3n) is 2.36. The molecule has 0 aliphatic heterocycles. The molecular formula is C11H10O3. The number of rotatable bonds is 2. The third kappa shape index (κ3) is 1.27. The van der Waals surface area contributed by atoms with Crippen LogP contribution < -0.4 is 4.74 Å². The van der Waals surface area contributed by atoms with E-state index >= 15 is 0 Å². The van der Waals surface area contributed by atoms with Gasteiger partial charge in [0.2, 0.25) is 0 Å². The molecule has 3 nitrogen and oxygen atoms in total. The Kier molecular flexibility index (Phi) is 2.00. The zero-order chi connectivity index (χ0) is 10.1. The third-order valence-corrected chi connectivity index (χ3v) is 2.36. The Morgan fingerprint density at radius 2 is 2.29 bits per heavy atom. The van der Waals surface area contributed by atoms with Crippen molar-refractivity contribution in [2.24, 2.45) is 0 Å². The minimum absolute atomic E-state index is 0.504. The molecule has 2 rings (SSSR count). The molecule has 0 heterocycles. The minimum atomic E-state index is -0.815. The first kappa shape index (κ1) is 8.81. The van der Waals surface area contributed by atoms with E-state index in [1.165, 1.54) is 0 Å². The molecule has 0 aromatic heterocycles. The second-order valence-electron chi connectivity index (χ2n) is 3.17. The van der Waals surface area contributed by atoms with E-state index < -0.39 is 11.9 Å². The molecule has 0 saturated carbocycles. The quantitative estimate of drug-likeness (QED) is 0.774. The van der Waals surface area contributed by atoms with Gasteiger partial charge in [0.05, 0.1) is 7.11 Å². The molecule has 0 saturated heterocycles. The average molecular weight is 190 g/mol. The molecule has 1 aromatic rings. The fourth-order valence-corrected chi connectivity index (χ4v) is 1.63. The van der Waals surface area contributed by atoms with Crippen molar-refractivity contribution >= 4 is 12.0 Å². The van der Waals surface area contributed by atoms with Gasteiger partial charge < -0.3 is 9.84 Å². The van der Waals surface area contributed by atoms with Crippen molar-refractivity contribution in [3.8, 4) is 5.75 Å². The summed E-state index contributed by atoms with van der Waals surface area (Å²) in [5.74, 6) is -0.569. The second kappa shape index (κ2) is 3.18. The van der Waals surface area contributed by atoms with Crippen LogP contribution >= 0.6 is 0 Å². The van der Waals surface area contributed by atoms with E-state index in [0.717, 1.165) is 16.9 Å². The van der Waals surface area contributed by atoms with Gasteiger partial charge in [-0.15, -0.1) is 0 Å². The van der Waals surface area contributed by atoms with Gasteiger partial charge in [-0.25, -0.2) is 0 Å². The lowest BCUT2D eigenvalue weighted by molar-refractivity contribution is -0.137. The molecule has 0 bridgehead atoms. The lowest BCUT2D eigenvalue weighted by Gasteiger charge is -2.06. The molecule has 1 aliphatic carbocycles. The summed E-state index contributed by atoms with van der Waals surface area (Å²) in [6.07, 6.45) is 3.50. The van der Waals surface area contributed by atoms with Gasteiger partial charge in [-0.1, -0.05) is 18.2 Å².